The number of amides is 3. The lowest BCUT2D eigenvalue weighted by Gasteiger charge is -2.14. The summed E-state index contributed by atoms with van der Waals surface area (Å²) in [7, 11) is 0. The predicted molar refractivity (Wildman–Crippen MR) is 127 cm³/mol. The summed E-state index contributed by atoms with van der Waals surface area (Å²) in [4.78, 5) is 39.8. The van der Waals surface area contributed by atoms with Gasteiger partial charge in [-0.25, -0.2) is 0 Å². The summed E-state index contributed by atoms with van der Waals surface area (Å²) in [5, 5.41) is 4.04. The van der Waals surface area contributed by atoms with Crippen LogP contribution in [0.1, 0.15) is 36.6 Å². The van der Waals surface area contributed by atoms with Crippen LogP contribution in [-0.2, 0) is 13.1 Å². The van der Waals surface area contributed by atoms with Gasteiger partial charge >= 0.3 is 0 Å². The molecular formula is C27H21N3O5. The van der Waals surface area contributed by atoms with Crippen LogP contribution in [0.4, 0.5) is 0 Å². The van der Waals surface area contributed by atoms with Crippen LogP contribution in [0.2, 0.25) is 0 Å². The molecule has 6 rings (SSSR count). The standard InChI is InChI=1S/C27H21N3O5/c31-25(28-10-12-29-11-9-18-3-1-2-4-22(18)29)19-6-7-20-21(14-19)27(33)30(26(20)32)15-17-5-8-23-24(13-17)35-16-34-23/h1-9,11,13-14H,10,12,15-16H2,(H,28,31). The highest BCUT2D eigenvalue weighted by molar-refractivity contribution is 6.22. The van der Waals surface area contributed by atoms with Gasteiger partial charge in [0, 0.05) is 30.4 Å². The minimum absolute atomic E-state index is 0.106. The molecule has 1 aromatic heterocycles. The van der Waals surface area contributed by atoms with Gasteiger partial charge in [-0.2, -0.15) is 0 Å². The van der Waals surface area contributed by atoms with Crippen LogP contribution >= 0.6 is 0 Å². The summed E-state index contributed by atoms with van der Waals surface area (Å²) in [6.45, 7) is 1.30. The number of nitrogens with zero attached hydrogens (tertiary/aromatic N) is 2. The molecule has 0 unspecified atom stereocenters. The second kappa shape index (κ2) is 8.32. The van der Waals surface area contributed by atoms with Gasteiger partial charge in [0.15, 0.2) is 11.5 Å². The van der Waals surface area contributed by atoms with Gasteiger partial charge < -0.3 is 19.4 Å². The SMILES string of the molecule is O=C(NCCn1ccc2ccccc21)c1ccc2c(c1)C(=O)N(Cc1ccc3c(c1)OCO3)C2=O. The molecule has 0 aliphatic carbocycles. The smallest absolute Gasteiger partial charge is 0.261 e. The van der Waals surface area contributed by atoms with Crippen LogP contribution in [0.5, 0.6) is 11.5 Å². The molecule has 2 aliphatic rings. The second-order valence-electron chi connectivity index (χ2n) is 8.47. The molecule has 3 aromatic carbocycles. The minimum atomic E-state index is -0.420. The monoisotopic (exact) mass is 467 g/mol. The summed E-state index contributed by atoms with van der Waals surface area (Å²) < 4.78 is 12.8. The van der Waals surface area contributed by atoms with E-state index >= 15 is 0 Å². The van der Waals surface area contributed by atoms with Crippen molar-refractivity contribution in [3.8, 4) is 11.5 Å². The van der Waals surface area contributed by atoms with E-state index in [9.17, 15) is 14.4 Å². The third-order valence-corrected chi connectivity index (χ3v) is 6.33. The van der Waals surface area contributed by atoms with Crippen molar-refractivity contribution in [2.24, 2.45) is 0 Å². The molecule has 3 heterocycles. The molecule has 0 fully saturated rings. The van der Waals surface area contributed by atoms with Gasteiger partial charge in [0.1, 0.15) is 0 Å². The number of benzene rings is 3. The van der Waals surface area contributed by atoms with E-state index < -0.39 is 5.91 Å². The molecule has 35 heavy (non-hydrogen) atoms. The fraction of sp³-hybridized carbons (Fsp3) is 0.148. The third-order valence-electron chi connectivity index (χ3n) is 6.33. The van der Waals surface area contributed by atoms with E-state index in [0.717, 1.165) is 16.5 Å². The molecule has 4 aromatic rings. The Hall–Kier alpha value is -4.59. The van der Waals surface area contributed by atoms with E-state index in [2.05, 4.69) is 9.88 Å². The number of nitrogens with one attached hydrogen (secondary N) is 1. The summed E-state index contributed by atoms with van der Waals surface area (Å²) in [6.07, 6.45) is 1.99. The van der Waals surface area contributed by atoms with Crippen molar-refractivity contribution in [2.45, 2.75) is 13.1 Å². The number of carbonyl (C=O) groups excluding carboxylic acids is 3. The van der Waals surface area contributed by atoms with E-state index in [-0.39, 0.29) is 30.7 Å². The maximum atomic E-state index is 13.0. The van der Waals surface area contributed by atoms with Crippen LogP contribution in [0.3, 0.4) is 0 Å². The van der Waals surface area contributed by atoms with Crippen LogP contribution in [0.15, 0.2) is 72.9 Å². The summed E-state index contributed by atoms with van der Waals surface area (Å²) in [6, 6.07) is 20.0. The van der Waals surface area contributed by atoms with Crippen molar-refractivity contribution in [3.05, 3.63) is 95.2 Å². The molecule has 1 N–H and O–H groups in total. The lowest BCUT2D eigenvalue weighted by atomic mass is 10.1. The number of rotatable bonds is 6. The Morgan fingerprint density at radius 3 is 2.63 bits per heavy atom. The van der Waals surface area contributed by atoms with Gasteiger partial charge in [0.25, 0.3) is 17.7 Å². The van der Waals surface area contributed by atoms with Crippen molar-refractivity contribution < 1.29 is 23.9 Å². The second-order valence-corrected chi connectivity index (χ2v) is 8.47. The number of para-hydroxylation sites is 1. The summed E-state index contributed by atoms with van der Waals surface area (Å²) in [5.41, 5.74) is 2.73. The Morgan fingerprint density at radius 1 is 0.886 bits per heavy atom. The topological polar surface area (TPSA) is 89.9 Å². The first kappa shape index (κ1) is 21.0. The quantitative estimate of drug-likeness (QED) is 0.438. The van der Waals surface area contributed by atoms with E-state index in [1.54, 1.807) is 30.3 Å². The normalized spacial score (nSPS) is 14.0. The average Bonchev–Trinajstić information content (AvgIpc) is 3.57. The highest BCUT2D eigenvalue weighted by atomic mass is 16.7. The van der Waals surface area contributed by atoms with Crippen molar-refractivity contribution in [2.75, 3.05) is 13.3 Å². The van der Waals surface area contributed by atoms with Crippen LogP contribution in [0.25, 0.3) is 10.9 Å². The Bertz CT molecular complexity index is 1510. The Kier molecular flexibility index (Phi) is 4.99. The lowest BCUT2D eigenvalue weighted by Crippen LogP contribution is -2.29. The molecule has 0 atom stereocenters. The van der Waals surface area contributed by atoms with Gasteiger partial charge in [-0.3, -0.25) is 19.3 Å². The van der Waals surface area contributed by atoms with Gasteiger partial charge in [-0.15, -0.1) is 0 Å². The molecule has 8 heteroatoms. The minimum Gasteiger partial charge on any atom is -0.454 e. The Labute approximate surface area is 200 Å². The number of fused-ring (bicyclic) bond motifs is 3. The highest BCUT2D eigenvalue weighted by Gasteiger charge is 2.36. The van der Waals surface area contributed by atoms with Crippen LogP contribution in [-0.4, -0.2) is 40.5 Å². The predicted octanol–water partition coefficient (Wildman–Crippen LogP) is 3.60. The van der Waals surface area contributed by atoms with E-state index in [4.69, 9.17) is 9.47 Å². The molecule has 0 saturated heterocycles. The number of ether oxygens (including phenoxy) is 2. The first-order valence-electron chi connectivity index (χ1n) is 11.3. The molecule has 8 nitrogen and oxygen atoms in total. The highest BCUT2D eigenvalue weighted by Crippen LogP contribution is 2.34. The van der Waals surface area contributed by atoms with Crippen LogP contribution < -0.4 is 14.8 Å². The number of aromatic nitrogens is 1. The largest absolute Gasteiger partial charge is 0.454 e. The van der Waals surface area contributed by atoms with Crippen molar-refractivity contribution >= 4 is 28.6 Å². The molecular weight excluding hydrogens is 446 g/mol. The first-order chi connectivity index (χ1) is 17.1. The third kappa shape index (κ3) is 3.69. The lowest BCUT2D eigenvalue weighted by molar-refractivity contribution is 0.0642. The van der Waals surface area contributed by atoms with Gasteiger partial charge in [0.2, 0.25) is 6.79 Å². The van der Waals surface area contributed by atoms with Crippen molar-refractivity contribution in [1.82, 2.24) is 14.8 Å². The van der Waals surface area contributed by atoms with Gasteiger partial charge in [-0.1, -0.05) is 24.3 Å². The van der Waals surface area contributed by atoms with E-state index in [1.807, 2.05) is 36.5 Å². The maximum Gasteiger partial charge on any atom is 0.261 e. The molecule has 0 radical (unpaired) electrons. The zero-order valence-corrected chi connectivity index (χ0v) is 18.7. The van der Waals surface area contributed by atoms with Crippen LogP contribution in [0, 0.1) is 0 Å². The van der Waals surface area contributed by atoms with Gasteiger partial charge in [-0.05, 0) is 53.4 Å². The Balaban J connectivity index is 1.13. The number of hydrogen-bond acceptors (Lipinski definition) is 5. The van der Waals surface area contributed by atoms with Crippen molar-refractivity contribution in [3.63, 3.8) is 0 Å². The van der Waals surface area contributed by atoms with Crippen molar-refractivity contribution in [1.29, 1.82) is 0 Å². The molecule has 174 valence electrons. The molecule has 0 bridgehead atoms. The maximum absolute atomic E-state index is 13.0. The van der Waals surface area contributed by atoms with E-state index in [0.29, 0.717) is 35.7 Å². The summed E-state index contributed by atoms with van der Waals surface area (Å²) in [5.74, 6) is 0.131. The Morgan fingerprint density at radius 2 is 1.71 bits per heavy atom. The number of imide groups is 1. The zero-order valence-electron chi connectivity index (χ0n) is 18.7. The fourth-order valence-electron chi connectivity index (χ4n) is 4.52. The molecule has 2 aliphatic heterocycles. The average molecular weight is 467 g/mol. The summed E-state index contributed by atoms with van der Waals surface area (Å²) >= 11 is 0. The van der Waals surface area contributed by atoms with Gasteiger partial charge in [0.05, 0.1) is 17.7 Å². The molecule has 3 amide bonds. The fourth-order valence-corrected chi connectivity index (χ4v) is 4.52. The number of hydrogen-bond donors (Lipinski definition) is 1. The molecule has 0 spiro atoms. The first-order valence-corrected chi connectivity index (χ1v) is 11.3. The molecule has 0 saturated carbocycles. The zero-order chi connectivity index (χ0) is 23.9. The van der Waals surface area contributed by atoms with E-state index in [1.165, 1.54) is 11.0 Å². The number of carbonyl (C=O) groups is 3.